The van der Waals surface area contributed by atoms with E-state index < -0.39 is 11.6 Å². The minimum Gasteiger partial charge on any atom is -0.370 e. The fourth-order valence-corrected chi connectivity index (χ4v) is 2.36. The third-order valence-electron chi connectivity index (χ3n) is 3.49. The van der Waals surface area contributed by atoms with Crippen molar-refractivity contribution in [2.45, 2.75) is 6.42 Å². The van der Waals surface area contributed by atoms with Gasteiger partial charge < -0.3 is 10.6 Å². The van der Waals surface area contributed by atoms with Crippen LogP contribution in [0.25, 0.3) is 0 Å². The van der Waals surface area contributed by atoms with Crippen molar-refractivity contribution < 1.29 is 8.78 Å². The molecule has 1 aromatic heterocycles. The molecule has 0 saturated heterocycles. The highest BCUT2D eigenvalue weighted by Crippen LogP contribution is 2.20. The van der Waals surface area contributed by atoms with Crippen LogP contribution in [-0.2, 0) is 6.42 Å². The van der Waals surface area contributed by atoms with Gasteiger partial charge in [0, 0.05) is 23.7 Å². The molecule has 7 heteroatoms. The van der Waals surface area contributed by atoms with Gasteiger partial charge in [-0.25, -0.2) is 18.7 Å². The number of halogens is 3. The van der Waals surface area contributed by atoms with Gasteiger partial charge in [-0.05, 0) is 36.2 Å². The number of nitrogens with zero attached hydrogens (tertiary/aromatic N) is 2. The summed E-state index contributed by atoms with van der Waals surface area (Å²) in [6.07, 6.45) is 2.17. The molecule has 0 aliphatic heterocycles. The molecule has 0 saturated carbocycles. The zero-order valence-electron chi connectivity index (χ0n) is 13.1. The summed E-state index contributed by atoms with van der Waals surface area (Å²) < 4.78 is 26.6. The van der Waals surface area contributed by atoms with Crippen molar-refractivity contribution in [2.24, 2.45) is 0 Å². The molecule has 2 N–H and O–H groups in total. The van der Waals surface area contributed by atoms with E-state index in [1.807, 2.05) is 24.3 Å². The van der Waals surface area contributed by atoms with Gasteiger partial charge in [0.2, 0.25) is 0 Å². The maximum Gasteiger partial charge on any atom is 0.149 e. The Balaban J connectivity index is 1.60. The lowest BCUT2D eigenvalue weighted by Crippen LogP contribution is -2.07. The summed E-state index contributed by atoms with van der Waals surface area (Å²) >= 11 is 5.86. The van der Waals surface area contributed by atoms with E-state index in [4.69, 9.17) is 11.6 Å². The van der Waals surface area contributed by atoms with E-state index in [2.05, 4.69) is 20.6 Å². The molecule has 3 aromatic rings. The van der Waals surface area contributed by atoms with E-state index in [0.717, 1.165) is 18.1 Å². The van der Waals surface area contributed by atoms with E-state index in [-0.39, 0.29) is 5.69 Å². The molecule has 128 valence electrons. The highest BCUT2D eigenvalue weighted by molar-refractivity contribution is 6.30. The molecule has 0 amide bonds. The van der Waals surface area contributed by atoms with Gasteiger partial charge in [-0.3, -0.25) is 0 Å². The van der Waals surface area contributed by atoms with Crippen LogP contribution in [0.3, 0.4) is 0 Å². The number of nitrogens with one attached hydrogen (secondary N) is 2. The summed E-state index contributed by atoms with van der Waals surface area (Å²) in [5, 5.41) is 6.69. The quantitative estimate of drug-likeness (QED) is 0.662. The molecule has 0 spiro atoms. The van der Waals surface area contributed by atoms with Gasteiger partial charge in [0.1, 0.15) is 29.6 Å². The van der Waals surface area contributed by atoms with Gasteiger partial charge >= 0.3 is 0 Å². The van der Waals surface area contributed by atoms with Crippen molar-refractivity contribution in [1.29, 1.82) is 0 Å². The van der Waals surface area contributed by atoms with Crippen LogP contribution >= 0.6 is 11.6 Å². The Hall–Kier alpha value is -2.73. The second-order valence-corrected chi connectivity index (χ2v) is 5.78. The third-order valence-corrected chi connectivity index (χ3v) is 3.75. The fraction of sp³-hybridized carbons (Fsp3) is 0.111. The average molecular weight is 361 g/mol. The van der Waals surface area contributed by atoms with Gasteiger partial charge in [-0.15, -0.1) is 0 Å². The zero-order chi connectivity index (χ0) is 17.6. The molecule has 0 unspecified atom stereocenters. The maximum absolute atomic E-state index is 13.7. The van der Waals surface area contributed by atoms with Crippen LogP contribution in [0.4, 0.5) is 26.1 Å². The molecule has 1 heterocycles. The van der Waals surface area contributed by atoms with Gasteiger partial charge in [0.25, 0.3) is 0 Å². The molecule has 0 aliphatic carbocycles. The molecular formula is C18H15ClF2N4. The number of hydrogen-bond donors (Lipinski definition) is 2. The molecule has 0 aliphatic rings. The van der Waals surface area contributed by atoms with Crippen LogP contribution in [0, 0.1) is 11.6 Å². The maximum atomic E-state index is 13.7. The summed E-state index contributed by atoms with van der Waals surface area (Å²) in [7, 11) is 0. The normalized spacial score (nSPS) is 10.5. The lowest BCUT2D eigenvalue weighted by atomic mass is 10.1. The lowest BCUT2D eigenvalue weighted by Gasteiger charge is -2.09. The topological polar surface area (TPSA) is 49.8 Å². The van der Waals surface area contributed by atoms with E-state index >= 15 is 0 Å². The summed E-state index contributed by atoms with van der Waals surface area (Å²) in [6, 6.07) is 12.6. The predicted octanol–water partition coefficient (Wildman–Crippen LogP) is 4.81. The van der Waals surface area contributed by atoms with E-state index in [9.17, 15) is 8.78 Å². The average Bonchev–Trinajstić information content (AvgIpc) is 2.60. The first-order chi connectivity index (χ1) is 12.1. The van der Waals surface area contributed by atoms with E-state index in [1.165, 1.54) is 18.5 Å². The van der Waals surface area contributed by atoms with E-state index in [0.29, 0.717) is 23.2 Å². The fourth-order valence-electron chi connectivity index (χ4n) is 2.24. The van der Waals surface area contributed by atoms with Crippen LogP contribution < -0.4 is 10.6 Å². The molecular weight excluding hydrogens is 346 g/mol. The lowest BCUT2D eigenvalue weighted by molar-refractivity contribution is 0.586. The first-order valence-electron chi connectivity index (χ1n) is 7.62. The van der Waals surface area contributed by atoms with Crippen LogP contribution in [0.5, 0.6) is 0 Å². The van der Waals surface area contributed by atoms with Gasteiger partial charge in [0.15, 0.2) is 0 Å². The first-order valence-corrected chi connectivity index (χ1v) is 8.00. The van der Waals surface area contributed by atoms with Crippen molar-refractivity contribution in [3.63, 3.8) is 0 Å². The van der Waals surface area contributed by atoms with Gasteiger partial charge in [-0.2, -0.15) is 0 Å². The predicted molar refractivity (Wildman–Crippen MR) is 95.3 cm³/mol. The number of anilines is 3. The van der Waals surface area contributed by atoms with Crippen molar-refractivity contribution in [3.8, 4) is 0 Å². The number of rotatable bonds is 6. The Morgan fingerprint density at radius 2 is 1.68 bits per heavy atom. The summed E-state index contributed by atoms with van der Waals surface area (Å²) in [4.78, 5) is 8.16. The summed E-state index contributed by atoms with van der Waals surface area (Å²) in [5.41, 5.74) is 1.30. The molecule has 4 nitrogen and oxygen atoms in total. The number of benzene rings is 2. The zero-order valence-corrected chi connectivity index (χ0v) is 13.9. The largest absolute Gasteiger partial charge is 0.370 e. The second kappa shape index (κ2) is 7.90. The van der Waals surface area contributed by atoms with Crippen molar-refractivity contribution in [2.75, 3.05) is 17.2 Å². The summed E-state index contributed by atoms with van der Waals surface area (Å²) in [6.45, 7) is 0.670. The van der Waals surface area contributed by atoms with Gasteiger partial charge in [0.05, 0.1) is 5.69 Å². The smallest absolute Gasteiger partial charge is 0.149 e. The molecule has 2 aromatic carbocycles. The van der Waals surface area contributed by atoms with Crippen LogP contribution in [-0.4, -0.2) is 16.5 Å². The van der Waals surface area contributed by atoms with Crippen molar-refractivity contribution in [1.82, 2.24) is 9.97 Å². The second-order valence-electron chi connectivity index (χ2n) is 5.34. The van der Waals surface area contributed by atoms with Crippen LogP contribution in [0.2, 0.25) is 5.02 Å². The van der Waals surface area contributed by atoms with Gasteiger partial charge in [-0.1, -0.05) is 23.7 Å². The Morgan fingerprint density at radius 3 is 2.44 bits per heavy atom. The van der Waals surface area contributed by atoms with Crippen molar-refractivity contribution >= 4 is 28.9 Å². The molecule has 0 atom stereocenters. The highest BCUT2D eigenvalue weighted by Gasteiger charge is 2.05. The molecule has 0 fully saturated rings. The number of aromatic nitrogens is 2. The van der Waals surface area contributed by atoms with Crippen LogP contribution in [0.1, 0.15) is 5.56 Å². The summed E-state index contributed by atoms with van der Waals surface area (Å²) in [5.74, 6) is -0.297. The monoisotopic (exact) mass is 360 g/mol. The van der Waals surface area contributed by atoms with Crippen molar-refractivity contribution in [3.05, 3.63) is 77.1 Å². The Bertz CT molecular complexity index is 856. The highest BCUT2D eigenvalue weighted by atomic mass is 35.5. The minimum atomic E-state index is -0.684. The Kier molecular flexibility index (Phi) is 5.40. The third kappa shape index (κ3) is 4.87. The first kappa shape index (κ1) is 17.1. The molecule has 25 heavy (non-hydrogen) atoms. The molecule has 0 radical (unpaired) electrons. The molecule has 3 rings (SSSR count). The standard InChI is InChI=1S/C18H15ClF2N4/c19-13-3-1-12(2-4-13)7-8-22-17-10-18(24-11-23-17)25-16-6-5-14(20)9-15(16)21/h1-6,9-11H,7-8H2,(H2,22,23,24,25). The van der Waals surface area contributed by atoms with Crippen LogP contribution in [0.15, 0.2) is 54.9 Å². The number of hydrogen-bond acceptors (Lipinski definition) is 4. The SMILES string of the molecule is Fc1ccc(Nc2cc(NCCc3ccc(Cl)cc3)ncn2)c(F)c1. The Morgan fingerprint density at radius 1 is 0.920 bits per heavy atom. The Labute approximate surface area is 148 Å². The van der Waals surface area contributed by atoms with E-state index in [1.54, 1.807) is 6.07 Å². The molecule has 0 bridgehead atoms. The minimum absolute atomic E-state index is 0.146.